The lowest BCUT2D eigenvalue weighted by molar-refractivity contribution is -0.137. The SMILES string of the molecule is Nc1cc(CCCC(=O)O)nc2c(-c3cnc4c#cccc4c3)cnn12. The van der Waals surface area contributed by atoms with Gasteiger partial charge in [0.15, 0.2) is 5.65 Å². The molecule has 0 saturated carbocycles. The Labute approximate surface area is 149 Å². The molecule has 0 unspecified atom stereocenters. The summed E-state index contributed by atoms with van der Waals surface area (Å²) in [4.78, 5) is 19.7. The van der Waals surface area contributed by atoms with Crippen LogP contribution in [0.25, 0.3) is 27.7 Å². The van der Waals surface area contributed by atoms with Crippen LogP contribution in [-0.2, 0) is 11.2 Å². The summed E-state index contributed by atoms with van der Waals surface area (Å²) in [5, 5.41) is 14.1. The van der Waals surface area contributed by atoms with Gasteiger partial charge >= 0.3 is 5.97 Å². The van der Waals surface area contributed by atoms with Gasteiger partial charge in [-0.1, -0.05) is 6.07 Å². The molecule has 0 radical (unpaired) electrons. The van der Waals surface area contributed by atoms with Crippen molar-refractivity contribution in [2.75, 3.05) is 5.73 Å². The van der Waals surface area contributed by atoms with Crippen molar-refractivity contribution in [3.63, 3.8) is 0 Å². The van der Waals surface area contributed by atoms with Crippen molar-refractivity contribution in [3.05, 3.63) is 54.5 Å². The Bertz CT molecular complexity index is 1120. The third-order valence-corrected chi connectivity index (χ3v) is 4.14. The van der Waals surface area contributed by atoms with E-state index in [4.69, 9.17) is 10.8 Å². The zero-order valence-electron chi connectivity index (χ0n) is 13.8. The quantitative estimate of drug-likeness (QED) is 0.576. The number of nitrogens with zero attached hydrogens (tertiary/aromatic N) is 4. The van der Waals surface area contributed by atoms with Gasteiger partial charge in [0.25, 0.3) is 0 Å². The van der Waals surface area contributed by atoms with Gasteiger partial charge in [0.2, 0.25) is 0 Å². The second-order valence-electron chi connectivity index (χ2n) is 5.98. The Hall–Kier alpha value is -3.66. The van der Waals surface area contributed by atoms with Crippen molar-refractivity contribution in [2.45, 2.75) is 19.3 Å². The van der Waals surface area contributed by atoms with Gasteiger partial charge < -0.3 is 10.8 Å². The predicted molar refractivity (Wildman–Crippen MR) is 96.4 cm³/mol. The molecule has 1 aromatic carbocycles. The molecule has 128 valence electrons. The fourth-order valence-corrected chi connectivity index (χ4v) is 2.89. The first-order chi connectivity index (χ1) is 12.6. The minimum atomic E-state index is -0.819. The lowest BCUT2D eigenvalue weighted by Crippen LogP contribution is -2.04. The van der Waals surface area contributed by atoms with Crippen molar-refractivity contribution in [2.24, 2.45) is 0 Å². The maximum atomic E-state index is 10.7. The Kier molecular flexibility index (Phi) is 3.86. The predicted octanol–water partition coefficient (Wildman–Crippen LogP) is 2.53. The van der Waals surface area contributed by atoms with Crippen LogP contribution in [0.1, 0.15) is 18.5 Å². The minimum absolute atomic E-state index is 0.0982. The van der Waals surface area contributed by atoms with E-state index >= 15 is 0 Å². The molecule has 3 N–H and O–H groups in total. The van der Waals surface area contributed by atoms with Crippen molar-refractivity contribution in [1.82, 2.24) is 19.6 Å². The van der Waals surface area contributed by atoms with E-state index in [9.17, 15) is 4.79 Å². The highest BCUT2D eigenvalue weighted by molar-refractivity contribution is 5.86. The number of anilines is 1. The van der Waals surface area contributed by atoms with E-state index in [1.165, 1.54) is 0 Å². The molecule has 0 aliphatic rings. The molecule has 0 aliphatic carbocycles. The summed E-state index contributed by atoms with van der Waals surface area (Å²) in [5.74, 6) is -0.358. The molecule has 7 heteroatoms. The van der Waals surface area contributed by atoms with Crippen molar-refractivity contribution < 1.29 is 9.90 Å². The van der Waals surface area contributed by atoms with Crippen LogP contribution in [0.15, 0.2) is 36.7 Å². The van der Waals surface area contributed by atoms with E-state index in [1.54, 1.807) is 29.0 Å². The van der Waals surface area contributed by atoms with Gasteiger partial charge in [-0.25, -0.2) is 9.97 Å². The van der Waals surface area contributed by atoms with E-state index in [2.05, 4.69) is 27.2 Å². The highest BCUT2D eigenvalue weighted by Crippen LogP contribution is 2.26. The van der Waals surface area contributed by atoms with Crippen molar-refractivity contribution >= 4 is 28.3 Å². The number of pyridine rings is 1. The van der Waals surface area contributed by atoms with Gasteiger partial charge in [-0.15, -0.1) is 0 Å². The summed E-state index contributed by atoms with van der Waals surface area (Å²) in [7, 11) is 0. The summed E-state index contributed by atoms with van der Waals surface area (Å²) < 4.78 is 1.57. The maximum Gasteiger partial charge on any atom is 0.303 e. The van der Waals surface area contributed by atoms with Gasteiger partial charge in [-0.3, -0.25) is 4.79 Å². The molecule has 0 saturated heterocycles. The second-order valence-corrected chi connectivity index (χ2v) is 5.98. The number of aliphatic carboxylic acids is 1. The third kappa shape index (κ3) is 2.89. The normalized spacial score (nSPS) is 10.9. The number of rotatable bonds is 5. The molecule has 0 fully saturated rings. The molecular weight excluding hydrogens is 330 g/mol. The monoisotopic (exact) mass is 345 g/mol. The molecular formula is C19H15N5O2. The van der Waals surface area contributed by atoms with Crippen LogP contribution in [0.2, 0.25) is 0 Å². The van der Waals surface area contributed by atoms with Gasteiger partial charge in [0.05, 0.1) is 6.20 Å². The maximum absolute atomic E-state index is 10.7. The number of carboxylic acid groups (broad SMARTS) is 1. The first kappa shape index (κ1) is 15.8. The fraction of sp³-hybridized carbons (Fsp3) is 0.158. The third-order valence-electron chi connectivity index (χ3n) is 4.14. The molecule has 0 bridgehead atoms. The number of fused-ring (bicyclic) bond motifs is 2. The van der Waals surface area contributed by atoms with Crippen LogP contribution in [0, 0.1) is 12.1 Å². The highest BCUT2D eigenvalue weighted by atomic mass is 16.4. The number of nitrogen functional groups attached to an aromatic ring is 1. The summed E-state index contributed by atoms with van der Waals surface area (Å²) in [6, 6.07) is 13.3. The van der Waals surface area contributed by atoms with E-state index in [1.807, 2.05) is 12.1 Å². The van der Waals surface area contributed by atoms with Gasteiger partial charge in [-0.05, 0) is 37.1 Å². The van der Waals surface area contributed by atoms with Crippen molar-refractivity contribution in [3.8, 4) is 11.1 Å². The smallest absolute Gasteiger partial charge is 0.303 e. The summed E-state index contributed by atoms with van der Waals surface area (Å²) in [6.07, 6.45) is 4.60. The molecule has 3 aromatic heterocycles. The Balaban J connectivity index is 1.76. The lowest BCUT2D eigenvalue weighted by atomic mass is 10.1. The first-order valence-electron chi connectivity index (χ1n) is 8.15. The average Bonchev–Trinajstić information content (AvgIpc) is 3.05. The molecule has 3 heterocycles. The van der Waals surface area contributed by atoms with E-state index in [-0.39, 0.29) is 6.42 Å². The Morgan fingerprint density at radius 2 is 2.19 bits per heavy atom. The molecule has 26 heavy (non-hydrogen) atoms. The number of aryl methyl sites for hydroxylation is 1. The van der Waals surface area contributed by atoms with Crippen LogP contribution in [-0.4, -0.2) is 30.7 Å². The molecule has 4 rings (SSSR count). The van der Waals surface area contributed by atoms with Gasteiger partial charge in [-0.2, -0.15) is 9.61 Å². The summed E-state index contributed by atoms with van der Waals surface area (Å²) in [5.41, 5.74) is 9.90. The topological polar surface area (TPSA) is 106 Å². The summed E-state index contributed by atoms with van der Waals surface area (Å²) in [6.45, 7) is 0. The number of hydrogen-bond donors (Lipinski definition) is 2. The molecule has 0 spiro atoms. The number of carbonyl (C=O) groups is 1. The highest BCUT2D eigenvalue weighted by Gasteiger charge is 2.13. The van der Waals surface area contributed by atoms with E-state index in [0.29, 0.717) is 24.3 Å². The standard InChI is InChI=1S/C19H15N5O2/c20-17-9-14(5-3-7-18(25)26)23-19-15(11-22-24(17)19)13-8-12-4-1-2-6-16(12)21-10-13/h1,4,8-11H,3,5,7,20H2,(H,25,26). The zero-order chi connectivity index (χ0) is 18.1. The van der Waals surface area contributed by atoms with Crippen LogP contribution in [0.3, 0.4) is 0 Å². The van der Waals surface area contributed by atoms with Gasteiger partial charge in [0.1, 0.15) is 11.3 Å². The minimum Gasteiger partial charge on any atom is -0.481 e. The Morgan fingerprint density at radius 3 is 3.04 bits per heavy atom. The average molecular weight is 345 g/mol. The first-order valence-corrected chi connectivity index (χ1v) is 8.15. The number of nitrogens with two attached hydrogens (primary N) is 1. The van der Waals surface area contributed by atoms with Crippen LogP contribution in [0.4, 0.5) is 5.82 Å². The largest absolute Gasteiger partial charge is 0.481 e. The molecule has 7 nitrogen and oxygen atoms in total. The number of aromatic nitrogens is 4. The zero-order valence-corrected chi connectivity index (χ0v) is 13.8. The van der Waals surface area contributed by atoms with E-state index < -0.39 is 5.97 Å². The number of carboxylic acids is 1. The fourth-order valence-electron chi connectivity index (χ4n) is 2.89. The molecule has 4 aromatic rings. The number of hydrogen-bond acceptors (Lipinski definition) is 5. The van der Waals surface area contributed by atoms with Crippen molar-refractivity contribution in [1.29, 1.82) is 0 Å². The Morgan fingerprint density at radius 1 is 1.31 bits per heavy atom. The van der Waals surface area contributed by atoms with Crippen LogP contribution >= 0.6 is 0 Å². The lowest BCUT2D eigenvalue weighted by Gasteiger charge is -2.06. The molecule has 0 amide bonds. The van der Waals surface area contributed by atoms with Crippen LogP contribution in [0.5, 0.6) is 0 Å². The molecule has 0 aliphatic heterocycles. The van der Waals surface area contributed by atoms with Crippen LogP contribution < -0.4 is 5.73 Å². The second kappa shape index (κ2) is 6.33. The molecule has 0 atom stereocenters. The summed E-state index contributed by atoms with van der Waals surface area (Å²) >= 11 is 0. The van der Waals surface area contributed by atoms with E-state index in [0.717, 1.165) is 27.7 Å². The van der Waals surface area contributed by atoms with Gasteiger partial charge in [0, 0.05) is 40.9 Å².